The van der Waals surface area contributed by atoms with Gasteiger partial charge in [0.2, 0.25) is 10.0 Å². The first-order valence-corrected chi connectivity index (χ1v) is 10.9. The van der Waals surface area contributed by atoms with Crippen LogP contribution in [0.2, 0.25) is 0 Å². The number of rotatable bonds is 7. The van der Waals surface area contributed by atoms with Gasteiger partial charge in [-0.2, -0.15) is 4.31 Å². The van der Waals surface area contributed by atoms with Crippen LogP contribution >= 0.6 is 0 Å². The number of nitro benzene ring substituents is 1. The normalized spacial score (nSPS) is 15.6. The second-order valence-electron chi connectivity index (χ2n) is 7.00. The maximum absolute atomic E-state index is 12.7. The topological polar surface area (TPSA) is 110 Å². The summed E-state index contributed by atoms with van der Waals surface area (Å²) in [5.74, 6) is -0.626. The lowest BCUT2D eigenvalue weighted by Gasteiger charge is -2.33. The first-order valence-electron chi connectivity index (χ1n) is 9.48. The summed E-state index contributed by atoms with van der Waals surface area (Å²) in [6, 6.07) is 12.2. The molecule has 1 fully saturated rings. The molecule has 0 bridgehead atoms. The molecule has 9 nitrogen and oxygen atoms in total. The molecule has 30 heavy (non-hydrogen) atoms. The minimum Gasteiger partial charge on any atom is -0.461 e. The molecule has 0 unspecified atom stereocenters. The number of nitrogens with zero attached hydrogens (tertiary/aromatic N) is 3. The minimum atomic E-state index is -3.52. The molecule has 1 heterocycles. The molecule has 0 spiro atoms. The fourth-order valence-corrected chi connectivity index (χ4v) is 4.57. The van der Waals surface area contributed by atoms with E-state index in [9.17, 15) is 23.3 Å². The summed E-state index contributed by atoms with van der Waals surface area (Å²) in [4.78, 5) is 24.6. The Morgan fingerprint density at radius 1 is 1.10 bits per heavy atom. The van der Waals surface area contributed by atoms with Gasteiger partial charge in [0, 0.05) is 44.9 Å². The van der Waals surface area contributed by atoms with Gasteiger partial charge in [0.15, 0.2) is 0 Å². The quantitative estimate of drug-likeness (QED) is 0.373. The van der Waals surface area contributed by atoms with Gasteiger partial charge in [-0.15, -0.1) is 0 Å². The standard InChI is InChI=1S/C20H23N3O6S/c1-16-5-7-19(8-6-16)30(27,28)22-11-9-21(10-12-22)13-14-29-20(24)17-3-2-4-18(15-17)23(25)26/h2-8,15H,9-14H2,1H3. The zero-order valence-electron chi connectivity index (χ0n) is 16.6. The SMILES string of the molecule is Cc1ccc(S(=O)(=O)N2CCN(CCOC(=O)c3cccc([N+](=O)[O-])c3)CC2)cc1. The monoisotopic (exact) mass is 433 g/mol. The van der Waals surface area contributed by atoms with E-state index in [2.05, 4.69) is 0 Å². The van der Waals surface area contributed by atoms with Gasteiger partial charge in [0.1, 0.15) is 6.61 Å². The molecule has 0 N–H and O–H groups in total. The Labute approximate surface area is 175 Å². The highest BCUT2D eigenvalue weighted by Crippen LogP contribution is 2.18. The van der Waals surface area contributed by atoms with Crippen molar-refractivity contribution in [1.82, 2.24) is 9.21 Å². The molecule has 2 aromatic carbocycles. The van der Waals surface area contributed by atoms with Crippen LogP contribution in [-0.2, 0) is 14.8 Å². The van der Waals surface area contributed by atoms with E-state index in [1.165, 1.54) is 28.6 Å². The number of carbonyl (C=O) groups is 1. The second-order valence-corrected chi connectivity index (χ2v) is 8.94. The van der Waals surface area contributed by atoms with Crippen molar-refractivity contribution in [3.05, 3.63) is 69.8 Å². The zero-order chi connectivity index (χ0) is 21.7. The molecule has 1 aliphatic rings. The van der Waals surface area contributed by atoms with Gasteiger partial charge in [-0.3, -0.25) is 15.0 Å². The molecule has 160 valence electrons. The highest BCUT2D eigenvalue weighted by atomic mass is 32.2. The number of benzene rings is 2. The summed E-state index contributed by atoms with van der Waals surface area (Å²) in [5, 5.41) is 10.8. The number of non-ortho nitro benzene ring substituents is 1. The average Bonchev–Trinajstić information content (AvgIpc) is 2.74. The lowest BCUT2D eigenvalue weighted by molar-refractivity contribution is -0.384. The van der Waals surface area contributed by atoms with Gasteiger partial charge >= 0.3 is 5.97 Å². The van der Waals surface area contributed by atoms with Crippen LogP contribution in [0, 0.1) is 17.0 Å². The molecule has 0 radical (unpaired) electrons. The Bertz CT molecular complexity index is 1020. The molecule has 1 aliphatic heterocycles. The highest BCUT2D eigenvalue weighted by Gasteiger charge is 2.28. The number of esters is 1. The summed E-state index contributed by atoms with van der Waals surface area (Å²) in [6.07, 6.45) is 0. The van der Waals surface area contributed by atoms with Crippen molar-refractivity contribution in [3.63, 3.8) is 0 Å². The molecular formula is C20H23N3O6S. The Kier molecular flexibility index (Phi) is 6.80. The highest BCUT2D eigenvalue weighted by molar-refractivity contribution is 7.89. The molecule has 10 heteroatoms. The van der Waals surface area contributed by atoms with Crippen molar-refractivity contribution in [2.45, 2.75) is 11.8 Å². The van der Waals surface area contributed by atoms with Crippen LogP contribution < -0.4 is 0 Å². The first-order chi connectivity index (χ1) is 14.3. The molecule has 0 amide bonds. The third kappa shape index (κ3) is 5.21. The average molecular weight is 433 g/mol. The molecule has 2 aromatic rings. The first kappa shape index (κ1) is 21.9. The molecule has 0 atom stereocenters. The summed E-state index contributed by atoms with van der Waals surface area (Å²) in [7, 11) is -3.52. The number of sulfonamides is 1. The lowest BCUT2D eigenvalue weighted by atomic mass is 10.2. The van der Waals surface area contributed by atoms with E-state index in [1.54, 1.807) is 24.3 Å². The van der Waals surface area contributed by atoms with Crippen LogP contribution in [0.4, 0.5) is 5.69 Å². The fourth-order valence-electron chi connectivity index (χ4n) is 3.15. The Morgan fingerprint density at radius 3 is 2.40 bits per heavy atom. The molecule has 1 saturated heterocycles. The van der Waals surface area contributed by atoms with Crippen LogP contribution in [0.15, 0.2) is 53.4 Å². The number of nitro groups is 1. The Morgan fingerprint density at radius 2 is 1.77 bits per heavy atom. The molecule has 0 aliphatic carbocycles. The second kappa shape index (κ2) is 9.33. The molecule has 0 aromatic heterocycles. The molecular weight excluding hydrogens is 410 g/mol. The zero-order valence-corrected chi connectivity index (χ0v) is 17.4. The van der Waals surface area contributed by atoms with Gasteiger partial charge in [-0.05, 0) is 25.1 Å². The largest absolute Gasteiger partial charge is 0.461 e. The van der Waals surface area contributed by atoms with E-state index in [-0.39, 0.29) is 22.8 Å². The smallest absolute Gasteiger partial charge is 0.338 e. The summed E-state index contributed by atoms with van der Waals surface area (Å²) in [6.45, 7) is 4.25. The molecule has 0 saturated carbocycles. The third-order valence-electron chi connectivity index (χ3n) is 4.92. The van der Waals surface area contributed by atoms with E-state index in [0.29, 0.717) is 32.7 Å². The van der Waals surface area contributed by atoms with Gasteiger partial charge < -0.3 is 4.74 Å². The van der Waals surface area contributed by atoms with Gasteiger partial charge in [-0.1, -0.05) is 23.8 Å². The summed E-state index contributed by atoms with van der Waals surface area (Å²) < 4.78 is 32.1. The van der Waals surface area contributed by atoms with Crippen molar-refractivity contribution in [2.75, 3.05) is 39.3 Å². The van der Waals surface area contributed by atoms with Crippen molar-refractivity contribution in [1.29, 1.82) is 0 Å². The number of hydrogen-bond donors (Lipinski definition) is 0. The van der Waals surface area contributed by atoms with Crippen molar-refractivity contribution in [3.8, 4) is 0 Å². The number of hydrogen-bond acceptors (Lipinski definition) is 7. The Hall–Kier alpha value is -2.82. The fraction of sp³-hybridized carbons (Fsp3) is 0.350. The maximum atomic E-state index is 12.7. The summed E-state index contributed by atoms with van der Waals surface area (Å²) in [5.41, 5.74) is 0.951. The predicted octanol–water partition coefficient (Wildman–Crippen LogP) is 2.07. The van der Waals surface area contributed by atoms with Gasteiger partial charge in [0.25, 0.3) is 5.69 Å². The van der Waals surface area contributed by atoms with Crippen molar-refractivity contribution >= 4 is 21.7 Å². The van der Waals surface area contributed by atoms with E-state index in [4.69, 9.17) is 4.74 Å². The van der Waals surface area contributed by atoms with Crippen LogP contribution in [0.1, 0.15) is 15.9 Å². The van der Waals surface area contributed by atoms with Crippen LogP contribution in [0.5, 0.6) is 0 Å². The van der Waals surface area contributed by atoms with E-state index in [1.807, 2.05) is 11.8 Å². The van der Waals surface area contributed by atoms with Crippen LogP contribution in [-0.4, -0.2) is 67.8 Å². The minimum absolute atomic E-state index is 0.117. The number of ether oxygens (including phenoxy) is 1. The molecule has 3 rings (SSSR count). The Balaban J connectivity index is 1.47. The van der Waals surface area contributed by atoms with E-state index in [0.717, 1.165) is 5.56 Å². The van der Waals surface area contributed by atoms with E-state index >= 15 is 0 Å². The van der Waals surface area contributed by atoms with Crippen LogP contribution in [0.25, 0.3) is 0 Å². The number of piperazine rings is 1. The maximum Gasteiger partial charge on any atom is 0.338 e. The van der Waals surface area contributed by atoms with Crippen LogP contribution in [0.3, 0.4) is 0 Å². The lowest BCUT2D eigenvalue weighted by Crippen LogP contribution is -2.49. The summed E-state index contributed by atoms with van der Waals surface area (Å²) >= 11 is 0. The predicted molar refractivity (Wildman–Crippen MR) is 110 cm³/mol. The third-order valence-corrected chi connectivity index (χ3v) is 6.84. The number of carbonyl (C=O) groups excluding carboxylic acids is 1. The van der Waals surface area contributed by atoms with E-state index < -0.39 is 20.9 Å². The van der Waals surface area contributed by atoms with Crippen molar-refractivity contribution < 1.29 is 22.9 Å². The van der Waals surface area contributed by atoms with Gasteiger partial charge in [0.05, 0.1) is 15.4 Å². The van der Waals surface area contributed by atoms with Crippen molar-refractivity contribution in [2.24, 2.45) is 0 Å². The number of aryl methyl sites for hydroxylation is 1. The van der Waals surface area contributed by atoms with Gasteiger partial charge in [-0.25, -0.2) is 13.2 Å².